The molecule has 0 saturated carbocycles. The minimum absolute atomic E-state index is 0.385. The normalized spacial score (nSPS) is 24.6. The summed E-state index contributed by atoms with van der Waals surface area (Å²) in [6.07, 6.45) is 6.06. The molecule has 112 valence electrons. The second-order valence-electron chi connectivity index (χ2n) is 6.11. The first-order chi connectivity index (χ1) is 10.4. The minimum Gasteiger partial charge on any atom is -0.312 e. The molecule has 2 atom stereocenters. The highest BCUT2D eigenvalue weighted by Gasteiger charge is 2.31. The van der Waals surface area contributed by atoms with Gasteiger partial charge in [-0.05, 0) is 42.7 Å². The molecule has 1 aliphatic heterocycles. The van der Waals surface area contributed by atoms with Crippen LogP contribution in [0.4, 0.5) is 0 Å². The molecule has 0 amide bonds. The summed E-state index contributed by atoms with van der Waals surface area (Å²) >= 11 is 1.90. The third-order valence-corrected chi connectivity index (χ3v) is 5.78. The molecule has 4 rings (SSSR count). The smallest absolute Gasteiger partial charge is 0.150 e. The van der Waals surface area contributed by atoms with E-state index in [0.717, 1.165) is 25.3 Å². The van der Waals surface area contributed by atoms with Gasteiger partial charge in [-0.2, -0.15) is 0 Å². The highest BCUT2D eigenvalue weighted by atomic mass is 32.1. The topological polar surface area (TPSA) is 42.7 Å². The Bertz CT molecular complexity index is 630. The van der Waals surface area contributed by atoms with Crippen molar-refractivity contribution in [1.82, 2.24) is 20.1 Å². The second kappa shape index (κ2) is 5.54. The summed E-state index contributed by atoms with van der Waals surface area (Å²) in [4.78, 5) is 1.56. The van der Waals surface area contributed by atoms with E-state index in [1.165, 1.54) is 37.1 Å². The first-order valence-corrected chi connectivity index (χ1v) is 8.99. The van der Waals surface area contributed by atoms with Gasteiger partial charge in [0.1, 0.15) is 11.6 Å². The average Bonchev–Trinajstić information content (AvgIpc) is 3.14. The van der Waals surface area contributed by atoms with Crippen LogP contribution in [-0.2, 0) is 13.0 Å². The number of aromatic nitrogens is 3. The van der Waals surface area contributed by atoms with Gasteiger partial charge in [0.05, 0.1) is 6.04 Å². The largest absolute Gasteiger partial charge is 0.312 e. The average molecular weight is 302 g/mol. The first kappa shape index (κ1) is 13.5. The van der Waals surface area contributed by atoms with Crippen LogP contribution < -0.4 is 5.32 Å². The second-order valence-corrected chi connectivity index (χ2v) is 7.11. The van der Waals surface area contributed by atoms with Crippen LogP contribution in [0.2, 0.25) is 0 Å². The van der Waals surface area contributed by atoms with Crippen molar-refractivity contribution in [3.63, 3.8) is 0 Å². The lowest BCUT2D eigenvalue weighted by Crippen LogP contribution is -2.34. The molecular weight excluding hydrogens is 280 g/mol. The van der Waals surface area contributed by atoms with Gasteiger partial charge >= 0.3 is 0 Å². The Balaban J connectivity index is 1.72. The molecule has 2 unspecified atom stereocenters. The van der Waals surface area contributed by atoms with Crippen molar-refractivity contribution in [3.05, 3.63) is 33.5 Å². The zero-order valence-corrected chi connectivity index (χ0v) is 13.3. The Morgan fingerprint density at radius 2 is 2.29 bits per heavy atom. The molecule has 2 aromatic heterocycles. The zero-order chi connectivity index (χ0) is 14.2. The van der Waals surface area contributed by atoms with Crippen molar-refractivity contribution in [2.45, 2.75) is 57.5 Å². The van der Waals surface area contributed by atoms with Crippen LogP contribution in [0.15, 0.2) is 11.4 Å². The molecular formula is C16H22N4S. The van der Waals surface area contributed by atoms with Gasteiger partial charge in [-0.25, -0.2) is 0 Å². The number of hydrogen-bond acceptors (Lipinski definition) is 4. The van der Waals surface area contributed by atoms with Crippen molar-refractivity contribution in [2.75, 3.05) is 6.54 Å². The van der Waals surface area contributed by atoms with E-state index in [1.807, 2.05) is 11.3 Å². The Hall–Kier alpha value is -1.20. The SMILES string of the molecule is CCCC1NCCn2c1nnc2C1CCCc2sccc21. The molecule has 3 heterocycles. The van der Waals surface area contributed by atoms with Gasteiger partial charge in [-0.15, -0.1) is 21.5 Å². The van der Waals surface area contributed by atoms with E-state index < -0.39 is 0 Å². The number of rotatable bonds is 3. The highest BCUT2D eigenvalue weighted by molar-refractivity contribution is 7.10. The van der Waals surface area contributed by atoms with E-state index >= 15 is 0 Å². The predicted octanol–water partition coefficient (Wildman–Crippen LogP) is 3.25. The Kier molecular flexibility index (Phi) is 3.55. The molecule has 0 spiro atoms. The molecule has 0 radical (unpaired) electrons. The van der Waals surface area contributed by atoms with E-state index in [4.69, 9.17) is 0 Å². The standard InChI is InChI=1S/C16H22N4S/c1-2-4-13-16-19-18-15(20(16)9-8-17-13)12-5-3-6-14-11(12)7-10-21-14/h7,10,12-13,17H,2-6,8-9H2,1H3. The van der Waals surface area contributed by atoms with Gasteiger partial charge in [0.25, 0.3) is 0 Å². The number of hydrogen-bond donors (Lipinski definition) is 1. The third-order valence-electron chi connectivity index (χ3n) is 4.79. The van der Waals surface area contributed by atoms with Crippen molar-refractivity contribution < 1.29 is 0 Å². The maximum atomic E-state index is 4.61. The van der Waals surface area contributed by atoms with Crippen LogP contribution in [0.3, 0.4) is 0 Å². The number of aryl methyl sites for hydroxylation is 1. The molecule has 2 aromatic rings. The lowest BCUT2D eigenvalue weighted by atomic mass is 9.87. The summed E-state index contributed by atoms with van der Waals surface area (Å²) in [6.45, 7) is 4.27. The van der Waals surface area contributed by atoms with Gasteiger partial charge in [0, 0.05) is 23.9 Å². The van der Waals surface area contributed by atoms with E-state index in [1.54, 1.807) is 4.88 Å². The van der Waals surface area contributed by atoms with Gasteiger partial charge < -0.3 is 9.88 Å². The maximum Gasteiger partial charge on any atom is 0.150 e. The van der Waals surface area contributed by atoms with Crippen LogP contribution >= 0.6 is 11.3 Å². The first-order valence-electron chi connectivity index (χ1n) is 8.11. The molecule has 4 nitrogen and oxygen atoms in total. The maximum absolute atomic E-state index is 4.61. The fourth-order valence-corrected chi connectivity index (χ4v) is 4.78. The van der Waals surface area contributed by atoms with Crippen LogP contribution in [-0.4, -0.2) is 21.3 Å². The molecule has 5 heteroatoms. The van der Waals surface area contributed by atoms with E-state index in [2.05, 4.69) is 38.5 Å². The number of nitrogens with one attached hydrogen (secondary N) is 1. The monoisotopic (exact) mass is 302 g/mol. The van der Waals surface area contributed by atoms with Crippen molar-refractivity contribution >= 4 is 11.3 Å². The zero-order valence-electron chi connectivity index (χ0n) is 12.5. The third kappa shape index (κ3) is 2.23. The lowest BCUT2D eigenvalue weighted by molar-refractivity contribution is 0.383. The Labute approximate surface area is 129 Å². The molecule has 0 aromatic carbocycles. The number of nitrogens with zero attached hydrogens (tertiary/aromatic N) is 3. The van der Waals surface area contributed by atoms with Crippen LogP contribution in [0, 0.1) is 0 Å². The molecule has 1 N–H and O–H groups in total. The summed E-state index contributed by atoms with van der Waals surface area (Å²) in [5.74, 6) is 2.81. The van der Waals surface area contributed by atoms with E-state index in [9.17, 15) is 0 Å². The predicted molar refractivity (Wildman–Crippen MR) is 84.8 cm³/mol. The summed E-state index contributed by atoms with van der Waals surface area (Å²) in [5.41, 5.74) is 1.51. The van der Waals surface area contributed by atoms with E-state index in [0.29, 0.717) is 12.0 Å². The van der Waals surface area contributed by atoms with Crippen molar-refractivity contribution in [2.24, 2.45) is 0 Å². The summed E-state index contributed by atoms with van der Waals surface area (Å²) < 4.78 is 2.40. The summed E-state index contributed by atoms with van der Waals surface area (Å²) in [7, 11) is 0. The fourth-order valence-electron chi connectivity index (χ4n) is 3.79. The summed E-state index contributed by atoms with van der Waals surface area (Å²) in [6, 6.07) is 2.69. The molecule has 2 aliphatic rings. The quantitative estimate of drug-likeness (QED) is 0.946. The van der Waals surface area contributed by atoms with Crippen LogP contribution in [0.5, 0.6) is 0 Å². The molecule has 1 aliphatic carbocycles. The van der Waals surface area contributed by atoms with Gasteiger partial charge in [0.15, 0.2) is 0 Å². The lowest BCUT2D eigenvalue weighted by Gasteiger charge is -2.27. The number of fused-ring (bicyclic) bond motifs is 2. The summed E-state index contributed by atoms with van der Waals surface area (Å²) in [5, 5.41) is 15.0. The van der Waals surface area contributed by atoms with Crippen LogP contribution in [0.1, 0.15) is 66.7 Å². The molecule has 0 saturated heterocycles. The fraction of sp³-hybridized carbons (Fsp3) is 0.625. The number of thiophene rings is 1. The van der Waals surface area contributed by atoms with Crippen molar-refractivity contribution in [1.29, 1.82) is 0 Å². The van der Waals surface area contributed by atoms with Gasteiger partial charge in [0.2, 0.25) is 0 Å². The van der Waals surface area contributed by atoms with Gasteiger partial charge in [-0.3, -0.25) is 0 Å². The minimum atomic E-state index is 0.385. The van der Waals surface area contributed by atoms with Gasteiger partial charge in [-0.1, -0.05) is 13.3 Å². The Morgan fingerprint density at radius 1 is 1.38 bits per heavy atom. The Morgan fingerprint density at radius 3 is 3.19 bits per heavy atom. The van der Waals surface area contributed by atoms with Crippen LogP contribution in [0.25, 0.3) is 0 Å². The van der Waals surface area contributed by atoms with Crippen molar-refractivity contribution in [3.8, 4) is 0 Å². The highest BCUT2D eigenvalue weighted by Crippen LogP contribution is 2.39. The molecule has 0 fully saturated rings. The van der Waals surface area contributed by atoms with E-state index in [-0.39, 0.29) is 0 Å². The molecule has 0 bridgehead atoms. The molecule has 21 heavy (non-hydrogen) atoms.